The van der Waals surface area contributed by atoms with Crippen molar-refractivity contribution in [3.05, 3.63) is 76.4 Å². The number of benzene rings is 2. The fourth-order valence-electron chi connectivity index (χ4n) is 4.59. The van der Waals surface area contributed by atoms with Gasteiger partial charge in [0.15, 0.2) is 5.78 Å². The molecule has 28 heavy (non-hydrogen) atoms. The Kier molecular flexibility index (Phi) is 4.05. The molecule has 0 amide bonds. The van der Waals surface area contributed by atoms with Gasteiger partial charge in [-0.3, -0.25) is 4.79 Å². The van der Waals surface area contributed by atoms with Gasteiger partial charge in [-0.2, -0.15) is 0 Å². The normalized spacial score (nSPS) is 25.5. The summed E-state index contributed by atoms with van der Waals surface area (Å²) in [6.07, 6.45) is 1.50. The molecule has 3 atom stereocenters. The fraction of sp³-hybridized carbons (Fsp3) is 0.304. The summed E-state index contributed by atoms with van der Waals surface area (Å²) in [6, 6.07) is 14.9. The van der Waals surface area contributed by atoms with E-state index < -0.39 is 0 Å². The highest BCUT2D eigenvalue weighted by Gasteiger charge is 2.48. The van der Waals surface area contributed by atoms with E-state index in [0.717, 1.165) is 24.0 Å². The predicted octanol–water partition coefficient (Wildman–Crippen LogP) is 3.95. The van der Waals surface area contributed by atoms with Gasteiger partial charge in [-0.25, -0.2) is 4.79 Å². The molecular formula is C23H20O5. The molecule has 2 aliphatic heterocycles. The zero-order valence-corrected chi connectivity index (χ0v) is 15.5. The largest absolute Gasteiger partial charge is 0.465 e. The van der Waals surface area contributed by atoms with E-state index in [0.29, 0.717) is 29.1 Å². The first-order chi connectivity index (χ1) is 13.7. The Hall–Kier alpha value is -2.92. The fourth-order valence-corrected chi connectivity index (χ4v) is 4.59. The van der Waals surface area contributed by atoms with Gasteiger partial charge in [-0.05, 0) is 30.5 Å². The van der Waals surface area contributed by atoms with Crippen LogP contribution in [0.1, 0.15) is 50.6 Å². The van der Waals surface area contributed by atoms with E-state index in [1.807, 2.05) is 36.4 Å². The number of fused-ring (bicyclic) bond motifs is 3. The second-order valence-corrected chi connectivity index (χ2v) is 7.37. The smallest absolute Gasteiger partial charge is 0.337 e. The number of Topliss-reactive ketones (excluding diaryl/α,β-unsaturated/α-hetero) is 1. The molecule has 3 aliphatic rings. The number of hydrogen-bond donors (Lipinski definition) is 0. The number of methoxy groups -OCH3 is 1. The number of esters is 1. The summed E-state index contributed by atoms with van der Waals surface area (Å²) in [5.41, 5.74) is 3.71. The number of ether oxygens (including phenoxy) is 3. The molecule has 0 saturated carbocycles. The van der Waals surface area contributed by atoms with Crippen LogP contribution in [-0.2, 0) is 14.2 Å². The van der Waals surface area contributed by atoms with Crippen molar-refractivity contribution >= 4 is 17.5 Å². The Morgan fingerprint density at radius 2 is 1.82 bits per heavy atom. The van der Waals surface area contributed by atoms with Crippen LogP contribution in [0, 0.1) is 5.92 Å². The Morgan fingerprint density at radius 1 is 1.07 bits per heavy atom. The van der Waals surface area contributed by atoms with Crippen LogP contribution in [0.3, 0.4) is 0 Å². The van der Waals surface area contributed by atoms with Gasteiger partial charge in [0.1, 0.15) is 5.76 Å². The van der Waals surface area contributed by atoms with E-state index in [9.17, 15) is 9.59 Å². The molecule has 2 heterocycles. The molecule has 1 fully saturated rings. The average molecular weight is 376 g/mol. The summed E-state index contributed by atoms with van der Waals surface area (Å²) in [5, 5.41) is 0. The number of allylic oxidation sites excluding steroid dienone is 1. The van der Waals surface area contributed by atoms with Crippen molar-refractivity contribution < 1.29 is 23.8 Å². The van der Waals surface area contributed by atoms with Gasteiger partial charge in [-0.15, -0.1) is 0 Å². The molecule has 1 saturated heterocycles. The van der Waals surface area contributed by atoms with Crippen LogP contribution in [0.25, 0.3) is 5.76 Å². The number of hydrogen-bond acceptors (Lipinski definition) is 5. The topological polar surface area (TPSA) is 61.8 Å². The summed E-state index contributed by atoms with van der Waals surface area (Å²) in [7, 11) is 1.37. The lowest BCUT2D eigenvalue weighted by molar-refractivity contribution is -0.165. The Labute approximate surface area is 162 Å². The standard InChI is InChI=1S/C23H20O5/c1-26-22(25)14-10-8-13(9-11-14)18-17-7-4-12-27-23(17)28-21-16-6-3-2-5-15(16)20(24)19(18)21/h2-3,5-6,8-11,17-18,23H,4,7,12H2,1H3/t17-,18+,23+/m1/s1. The molecule has 2 aromatic rings. The first-order valence-electron chi connectivity index (χ1n) is 9.54. The summed E-state index contributed by atoms with van der Waals surface area (Å²) in [4.78, 5) is 25.0. The molecule has 2 aromatic carbocycles. The zero-order chi connectivity index (χ0) is 19.3. The Morgan fingerprint density at radius 3 is 2.57 bits per heavy atom. The molecule has 142 valence electrons. The van der Waals surface area contributed by atoms with Crippen molar-refractivity contribution in [3.63, 3.8) is 0 Å². The Bertz CT molecular complexity index is 988. The monoisotopic (exact) mass is 376 g/mol. The third kappa shape index (κ3) is 2.50. The second-order valence-electron chi connectivity index (χ2n) is 7.37. The number of carbonyl (C=O) groups is 2. The second kappa shape index (κ2) is 6.60. The number of rotatable bonds is 2. The van der Waals surface area contributed by atoms with Crippen LogP contribution in [0.5, 0.6) is 0 Å². The molecule has 0 bridgehead atoms. The lowest BCUT2D eigenvalue weighted by atomic mass is 9.74. The van der Waals surface area contributed by atoms with Gasteiger partial charge >= 0.3 is 5.97 Å². The maximum Gasteiger partial charge on any atom is 0.337 e. The minimum atomic E-state index is -0.373. The highest BCUT2D eigenvalue weighted by Crippen LogP contribution is 2.52. The van der Waals surface area contributed by atoms with E-state index in [-0.39, 0.29) is 29.9 Å². The van der Waals surface area contributed by atoms with Gasteiger partial charge in [-0.1, -0.05) is 36.4 Å². The number of ketones is 1. The van der Waals surface area contributed by atoms with Crippen LogP contribution in [0.4, 0.5) is 0 Å². The van der Waals surface area contributed by atoms with Crippen LogP contribution < -0.4 is 0 Å². The van der Waals surface area contributed by atoms with E-state index in [1.54, 1.807) is 12.1 Å². The first kappa shape index (κ1) is 17.2. The molecular weight excluding hydrogens is 356 g/mol. The predicted molar refractivity (Wildman–Crippen MR) is 102 cm³/mol. The third-order valence-corrected chi connectivity index (χ3v) is 5.88. The van der Waals surface area contributed by atoms with Gasteiger partial charge in [0.25, 0.3) is 0 Å². The van der Waals surface area contributed by atoms with Crippen molar-refractivity contribution in [3.8, 4) is 0 Å². The highest BCUT2D eigenvalue weighted by atomic mass is 16.7. The molecule has 1 aliphatic carbocycles. The molecule has 5 nitrogen and oxygen atoms in total. The third-order valence-electron chi connectivity index (χ3n) is 5.88. The number of carbonyl (C=O) groups excluding carboxylic acids is 2. The molecule has 5 heteroatoms. The van der Waals surface area contributed by atoms with Crippen LogP contribution in [0.2, 0.25) is 0 Å². The first-order valence-corrected chi connectivity index (χ1v) is 9.54. The maximum absolute atomic E-state index is 13.3. The van der Waals surface area contributed by atoms with Crippen LogP contribution in [0.15, 0.2) is 54.1 Å². The van der Waals surface area contributed by atoms with Crippen molar-refractivity contribution in [2.24, 2.45) is 5.92 Å². The van der Waals surface area contributed by atoms with Crippen molar-refractivity contribution in [1.82, 2.24) is 0 Å². The van der Waals surface area contributed by atoms with E-state index >= 15 is 0 Å². The van der Waals surface area contributed by atoms with E-state index in [4.69, 9.17) is 14.2 Å². The zero-order valence-electron chi connectivity index (χ0n) is 15.5. The van der Waals surface area contributed by atoms with Crippen molar-refractivity contribution in [1.29, 1.82) is 0 Å². The Balaban J connectivity index is 1.63. The summed E-state index contributed by atoms with van der Waals surface area (Å²) in [6.45, 7) is 0.660. The molecule has 0 aromatic heterocycles. The van der Waals surface area contributed by atoms with Gasteiger partial charge in [0.05, 0.1) is 24.9 Å². The average Bonchev–Trinajstić information content (AvgIpc) is 3.04. The van der Waals surface area contributed by atoms with Gasteiger partial charge < -0.3 is 14.2 Å². The minimum absolute atomic E-state index is 0.0247. The van der Waals surface area contributed by atoms with Gasteiger partial charge in [0, 0.05) is 23.0 Å². The summed E-state index contributed by atoms with van der Waals surface area (Å²) >= 11 is 0. The lowest BCUT2D eigenvalue weighted by Crippen LogP contribution is -2.40. The van der Waals surface area contributed by atoms with Crippen molar-refractivity contribution in [2.75, 3.05) is 13.7 Å². The lowest BCUT2D eigenvalue weighted by Gasteiger charge is -2.41. The van der Waals surface area contributed by atoms with Crippen LogP contribution >= 0.6 is 0 Å². The minimum Gasteiger partial charge on any atom is -0.465 e. The highest BCUT2D eigenvalue weighted by molar-refractivity contribution is 6.20. The van der Waals surface area contributed by atoms with Gasteiger partial charge in [0.2, 0.25) is 6.29 Å². The molecule has 0 unspecified atom stereocenters. The maximum atomic E-state index is 13.3. The molecule has 0 N–H and O–H groups in total. The van der Waals surface area contributed by atoms with Crippen LogP contribution in [-0.4, -0.2) is 31.8 Å². The van der Waals surface area contributed by atoms with Crippen molar-refractivity contribution in [2.45, 2.75) is 25.0 Å². The van der Waals surface area contributed by atoms with E-state index in [2.05, 4.69) is 0 Å². The van der Waals surface area contributed by atoms with E-state index in [1.165, 1.54) is 7.11 Å². The molecule has 5 rings (SSSR count). The molecule has 0 spiro atoms. The summed E-state index contributed by atoms with van der Waals surface area (Å²) in [5.74, 6) is 0.236. The quantitative estimate of drug-likeness (QED) is 0.743. The summed E-state index contributed by atoms with van der Waals surface area (Å²) < 4.78 is 16.9. The molecule has 0 radical (unpaired) electrons. The SMILES string of the molecule is COC(=O)c1ccc([C@@H]2C3=C(O[C@@H]4OCCC[C@@H]42)c2ccccc2C3=O)cc1.